The molecule has 21 heavy (non-hydrogen) atoms. The van der Waals surface area contributed by atoms with Gasteiger partial charge in [-0.05, 0) is 36.5 Å². The minimum atomic E-state index is -0.915. The zero-order valence-electron chi connectivity index (χ0n) is 12.8. The van der Waals surface area contributed by atoms with Crippen molar-refractivity contribution >= 4 is 23.2 Å². The molecule has 0 bridgehead atoms. The lowest BCUT2D eigenvalue weighted by Gasteiger charge is -2.24. The first kappa shape index (κ1) is 17.6. The smallest absolute Gasteiger partial charge is 0.317 e. The lowest BCUT2D eigenvalue weighted by molar-refractivity contribution is -0.139. The summed E-state index contributed by atoms with van der Waals surface area (Å²) in [5, 5.41) is 12.9. The Hall–Kier alpha value is -1.44. The number of likely N-dealkylation sites (N-methyl/N-ethyl adjacent to an activating group) is 2. The second kappa shape index (κ2) is 8.76. The van der Waals surface area contributed by atoms with Gasteiger partial charge in [0.2, 0.25) is 5.91 Å². The quantitative estimate of drug-likeness (QED) is 0.725. The molecule has 0 fully saturated rings. The van der Waals surface area contributed by atoms with E-state index in [-0.39, 0.29) is 19.0 Å². The molecule has 0 aromatic carbocycles. The van der Waals surface area contributed by atoms with Gasteiger partial charge in [0, 0.05) is 26.7 Å². The molecule has 1 heterocycles. The van der Waals surface area contributed by atoms with Crippen molar-refractivity contribution < 1.29 is 14.7 Å². The van der Waals surface area contributed by atoms with Crippen LogP contribution < -0.4 is 0 Å². The Balaban J connectivity index is 2.51. The van der Waals surface area contributed by atoms with Crippen LogP contribution in [0.4, 0.5) is 0 Å². The van der Waals surface area contributed by atoms with E-state index in [9.17, 15) is 9.59 Å². The normalized spacial score (nSPS) is 11.1. The van der Waals surface area contributed by atoms with E-state index in [4.69, 9.17) is 5.11 Å². The van der Waals surface area contributed by atoms with Crippen molar-refractivity contribution in [3.05, 3.63) is 22.4 Å². The van der Waals surface area contributed by atoms with E-state index >= 15 is 0 Å². The van der Waals surface area contributed by atoms with E-state index in [1.807, 2.05) is 35.8 Å². The fourth-order valence-corrected chi connectivity index (χ4v) is 2.46. The molecule has 1 rings (SSSR count). The number of carboxylic acids is 1. The van der Waals surface area contributed by atoms with Crippen LogP contribution in [0.3, 0.4) is 0 Å². The summed E-state index contributed by atoms with van der Waals surface area (Å²) in [6.45, 7) is 1.83. The van der Waals surface area contributed by atoms with Crippen LogP contribution in [0.25, 0.3) is 0 Å². The Morgan fingerprint density at radius 1 is 1.19 bits per heavy atom. The summed E-state index contributed by atoms with van der Waals surface area (Å²) in [4.78, 5) is 28.3. The van der Waals surface area contributed by atoms with Gasteiger partial charge in [0.05, 0.1) is 13.1 Å². The zero-order chi connectivity index (χ0) is 15.8. The summed E-state index contributed by atoms with van der Waals surface area (Å²) in [6.07, 6.45) is 0. The number of nitrogens with zero attached hydrogens (tertiary/aromatic N) is 3. The third-order valence-corrected chi connectivity index (χ3v) is 3.74. The Labute approximate surface area is 129 Å². The number of carboxylic acid groups (broad SMARTS) is 1. The van der Waals surface area contributed by atoms with Crippen LogP contribution in [0.2, 0.25) is 0 Å². The van der Waals surface area contributed by atoms with Crippen LogP contribution in [-0.2, 0) is 16.1 Å². The van der Waals surface area contributed by atoms with Gasteiger partial charge in [0.15, 0.2) is 0 Å². The number of carbonyl (C=O) groups excluding carboxylic acids is 1. The standard InChI is InChI=1S/C14H23N3O3S/c1-15(2)5-6-17(10-14(19)20)9-13(18)16(3)8-12-4-7-21-11-12/h4,7,11H,5-6,8-10H2,1-3H3,(H,19,20). The van der Waals surface area contributed by atoms with Gasteiger partial charge >= 0.3 is 5.97 Å². The van der Waals surface area contributed by atoms with Gasteiger partial charge in [-0.1, -0.05) is 0 Å². The van der Waals surface area contributed by atoms with E-state index in [0.717, 1.165) is 12.1 Å². The van der Waals surface area contributed by atoms with Crippen LogP contribution in [0.1, 0.15) is 5.56 Å². The highest BCUT2D eigenvalue weighted by Gasteiger charge is 2.17. The largest absolute Gasteiger partial charge is 0.480 e. The number of hydrogen-bond donors (Lipinski definition) is 1. The van der Waals surface area contributed by atoms with Gasteiger partial charge in [0.1, 0.15) is 0 Å². The fraction of sp³-hybridized carbons (Fsp3) is 0.571. The number of thiophene rings is 1. The van der Waals surface area contributed by atoms with Crippen molar-refractivity contribution in [2.75, 3.05) is 47.3 Å². The van der Waals surface area contributed by atoms with Crippen molar-refractivity contribution in [2.45, 2.75) is 6.54 Å². The van der Waals surface area contributed by atoms with Gasteiger partial charge < -0.3 is 14.9 Å². The van der Waals surface area contributed by atoms with E-state index in [1.54, 1.807) is 28.2 Å². The van der Waals surface area contributed by atoms with Gasteiger partial charge in [-0.25, -0.2) is 0 Å². The number of rotatable bonds is 9. The number of hydrogen-bond acceptors (Lipinski definition) is 5. The first-order valence-corrected chi connectivity index (χ1v) is 7.66. The van der Waals surface area contributed by atoms with Crippen molar-refractivity contribution in [1.82, 2.24) is 14.7 Å². The van der Waals surface area contributed by atoms with Crippen molar-refractivity contribution in [1.29, 1.82) is 0 Å². The maximum absolute atomic E-state index is 12.2. The van der Waals surface area contributed by atoms with Crippen molar-refractivity contribution in [2.24, 2.45) is 0 Å². The Bertz CT molecular complexity index is 448. The van der Waals surface area contributed by atoms with Gasteiger partial charge in [-0.3, -0.25) is 14.5 Å². The first-order valence-electron chi connectivity index (χ1n) is 6.72. The fourth-order valence-electron chi connectivity index (χ4n) is 1.80. The summed E-state index contributed by atoms with van der Waals surface area (Å²) in [5.41, 5.74) is 1.09. The number of amides is 1. The van der Waals surface area contributed by atoms with Crippen LogP contribution >= 0.6 is 11.3 Å². The first-order chi connectivity index (χ1) is 9.88. The predicted octanol–water partition coefficient (Wildman–Crippen LogP) is 0.655. The summed E-state index contributed by atoms with van der Waals surface area (Å²) >= 11 is 1.60. The van der Waals surface area contributed by atoms with Crippen molar-refractivity contribution in [3.8, 4) is 0 Å². The Morgan fingerprint density at radius 2 is 1.90 bits per heavy atom. The molecule has 0 saturated heterocycles. The highest BCUT2D eigenvalue weighted by molar-refractivity contribution is 7.07. The molecule has 1 N–H and O–H groups in total. The van der Waals surface area contributed by atoms with Gasteiger partial charge in [-0.15, -0.1) is 0 Å². The zero-order valence-corrected chi connectivity index (χ0v) is 13.6. The van der Waals surface area contributed by atoms with Crippen LogP contribution in [0.5, 0.6) is 0 Å². The molecule has 0 spiro atoms. The van der Waals surface area contributed by atoms with E-state index in [0.29, 0.717) is 13.1 Å². The Morgan fingerprint density at radius 3 is 2.43 bits per heavy atom. The maximum Gasteiger partial charge on any atom is 0.317 e. The van der Waals surface area contributed by atoms with E-state index in [1.165, 1.54) is 0 Å². The SMILES string of the molecule is CN(C)CCN(CC(=O)O)CC(=O)N(C)Cc1ccsc1. The minimum absolute atomic E-state index is 0.0683. The van der Waals surface area contributed by atoms with Crippen LogP contribution in [0, 0.1) is 0 Å². The summed E-state index contributed by atoms with van der Waals surface area (Å²) in [6, 6.07) is 1.98. The molecule has 0 aliphatic rings. The molecule has 0 radical (unpaired) electrons. The molecule has 0 unspecified atom stereocenters. The minimum Gasteiger partial charge on any atom is -0.480 e. The molecule has 1 aromatic heterocycles. The molecule has 118 valence electrons. The summed E-state index contributed by atoms with van der Waals surface area (Å²) in [7, 11) is 5.58. The molecular formula is C14H23N3O3S. The molecular weight excluding hydrogens is 290 g/mol. The molecule has 0 aliphatic carbocycles. The van der Waals surface area contributed by atoms with Gasteiger partial charge in [-0.2, -0.15) is 11.3 Å². The summed E-state index contributed by atoms with van der Waals surface area (Å²) in [5.74, 6) is -0.983. The molecule has 7 heteroatoms. The number of carbonyl (C=O) groups is 2. The number of aliphatic carboxylic acids is 1. The Kier molecular flexibility index (Phi) is 7.35. The molecule has 6 nitrogen and oxygen atoms in total. The average molecular weight is 313 g/mol. The maximum atomic E-state index is 12.2. The predicted molar refractivity (Wildman–Crippen MR) is 83.4 cm³/mol. The topological polar surface area (TPSA) is 64.1 Å². The van der Waals surface area contributed by atoms with Crippen LogP contribution in [0.15, 0.2) is 16.8 Å². The monoisotopic (exact) mass is 313 g/mol. The lowest BCUT2D eigenvalue weighted by atomic mass is 10.3. The highest BCUT2D eigenvalue weighted by atomic mass is 32.1. The highest BCUT2D eigenvalue weighted by Crippen LogP contribution is 2.08. The lowest BCUT2D eigenvalue weighted by Crippen LogP contribution is -2.43. The average Bonchev–Trinajstić information content (AvgIpc) is 2.87. The molecule has 0 aliphatic heterocycles. The molecule has 0 atom stereocenters. The summed E-state index contributed by atoms with van der Waals surface area (Å²) < 4.78 is 0. The molecule has 1 amide bonds. The third-order valence-electron chi connectivity index (χ3n) is 3.01. The van der Waals surface area contributed by atoms with Crippen molar-refractivity contribution in [3.63, 3.8) is 0 Å². The van der Waals surface area contributed by atoms with Gasteiger partial charge in [0.25, 0.3) is 0 Å². The second-order valence-electron chi connectivity index (χ2n) is 5.29. The second-order valence-corrected chi connectivity index (χ2v) is 6.07. The van der Waals surface area contributed by atoms with E-state index < -0.39 is 5.97 Å². The third kappa shape index (κ3) is 7.22. The molecule has 1 aromatic rings. The van der Waals surface area contributed by atoms with Crippen LogP contribution in [-0.4, -0.2) is 79.0 Å². The van der Waals surface area contributed by atoms with E-state index in [2.05, 4.69) is 0 Å². The molecule has 0 saturated carbocycles.